The van der Waals surface area contributed by atoms with Crippen molar-refractivity contribution < 1.29 is 9.53 Å². The van der Waals surface area contributed by atoms with Crippen molar-refractivity contribution in [1.82, 2.24) is 10.2 Å². The number of nitrogens with one attached hydrogen (secondary N) is 1. The SMILES string of the molecule is COC1CCC(N2CCCNC2=O)C1. The van der Waals surface area contributed by atoms with Crippen LogP contribution >= 0.6 is 0 Å². The van der Waals surface area contributed by atoms with Gasteiger partial charge in [-0.05, 0) is 25.7 Å². The van der Waals surface area contributed by atoms with Crippen LogP contribution in [0.3, 0.4) is 0 Å². The van der Waals surface area contributed by atoms with Crippen molar-refractivity contribution >= 4 is 6.03 Å². The average Bonchev–Trinajstić information content (AvgIpc) is 2.67. The Morgan fingerprint density at radius 1 is 1.50 bits per heavy atom. The number of urea groups is 1. The van der Waals surface area contributed by atoms with E-state index in [0.29, 0.717) is 12.1 Å². The molecule has 2 unspecified atom stereocenters. The molecule has 1 aliphatic carbocycles. The minimum Gasteiger partial charge on any atom is -0.381 e. The summed E-state index contributed by atoms with van der Waals surface area (Å²) in [4.78, 5) is 13.5. The molecule has 1 saturated carbocycles. The highest BCUT2D eigenvalue weighted by atomic mass is 16.5. The van der Waals surface area contributed by atoms with Gasteiger partial charge in [0.2, 0.25) is 0 Å². The normalized spacial score (nSPS) is 33.2. The van der Waals surface area contributed by atoms with Crippen molar-refractivity contribution in [2.24, 2.45) is 0 Å². The van der Waals surface area contributed by atoms with Crippen molar-refractivity contribution in [2.75, 3.05) is 20.2 Å². The van der Waals surface area contributed by atoms with Crippen molar-refractivity contribution in [3.63, 3.8) is 0 Å². The van der Waals surface area contributed by atoms with Crippen LogP contribution in [0.5, 0.6) is 0 Å². The Morgan fingerprint density at radius 2 is 2.36 bits per heavy atom. The predicted molar refractivity (Wildman–Crippen MR) is 53.2 cm³/mol. The third kappa shape index (κ3) is 1.85. The fourth-order valence-electron chi connectivity index (χ4n) is 2.41. The molecular weight excluding hydrogens is 180 g/mol. The second-order valence-corrected chi connectivity index (χ2v) is 4.10. The Hall–Kier alpha value is -0.770. The number of ether oxygens (including phenoxy) is 1. The first-order chi connectivity index (χ1) is 6.81. The largest absolute Gasteiger partial charge is 0.381 e. The first-order valence-corrected chi connectivity index (χ1v) is 5.38. The van der Waals surface area contributed by atoms with Gasteiger partial charge in [0.25, 0.3) is 0 Å². The molecule has 1 N–H and O–H groups in total. The van der Waals surface area contributed by atoms with E-state index in [9.17, 15) is 4.79 Å². The maximum Gasteiger partial charge on any atom is 0.317 e. The quantitative estimate of drug-likeness (QED) is 0.718. The molecule has 0 aromatic rings. The second kappa shape index (κ2) is 4.17. The van der Waals surface area contributed by atoms with Crippen LogP contribution in [0.1, 0.15) is 25.7 Å². The Labute approximate surface area is 84.6 Å². The van der Waals surface area contributed by atoms with Gasteiger partial charge in [0.1, 0.15) is 0 Å². The summed E-state index contributed by atoms with van der Waals surface area (Å²) in [6, 6.07) is 0.512. The van der Waals surface area contributed by atoms with Crippen LogP contribution in [0.4, 0.5) is 4.79 Å². The lowest BCUT2D eigenvalue weighted by Gasteiger charge is -2.32. The standard InChI is InChI=1S/C10H18N2O2/c1-14-9-4-3-8(7-9)12-6-2-5-11-10(12)13/h8-9H,2-7H2,1H3,(H,11,13). The van der Waals surface area contributed by atoms with Crippen LogP contribution < -0.4 is 5.32 Å². The Kier molecular flexibility index (Phi) is 2.91. The average molecular weight is 198 g/mol. The minimum absolute atomic E-state index is 0.109. The Morgan fingerprint density at radius 3 is 3.00 bits per heavy atom. The number of amides is 2. The van der Waals surface area contributed by atoms with E-state index in [1.807, 2.05) is 4.90 Å². The highest BCUT2D eigenvalue weighted by Gasteiger charge is 2.32. The van der Waals surface area contributed by atoms with Gasteiger partial charge in [-0.3, -0.25) is 0 Å². The first kappa shape index (κ1) is 9.77. The molecule has 14 heavy (non-hydrogen) atoms. The topological polar surface area (TPSA) is 41.6 Å². The van der Waals surface area contributed by atoms with Crippen molar-refractivity contribution in [1.29, 1.82) is 0 Å². The van der Waals surface area contributed by atoms with E-state index in [4.69, 9.17) is 4.74 Å². The van der Waals surface area contributed by atoms with Crippen LogP contribution in [0.25, 0.3) is 0 Å². The van der Waals surface area contributed by atoms with E-state index < -0.39 is 0 Å². The molecule has 1 aliphatic heterocycles. The fourth-order valence-corrected chi connectivity index (χ4v) is 2.41. The van der Waals surface area contributed by atoms with Gasteiger partial charge in [0, 0.05) is 26.2 Å². The maximum atomic E-state index is 11.6. The molecule has 4 heteroatoms. The number of rotatable bonds is 2. The fraction of sp³-hybridized carbons (Fsp3) is 0.900. The lowest BCUT2D eigenvalue weighted by Crippen LogP contribution is -2.50. The van der Waals surface area contributed by atoms with Gasteiger partial charge in [-0.2, -0.15) is 0 Å². The lowest BCUT2D eigenvalue weighted by atomic mass is 10.2. The van der Waals surface area contributed by atoms with E-state index in [0.717, 1.165) is 38.8 Å². The number of carbonyl (C=O) groups excluding carboxylic acids is 1. The van der Waals surface area contributed by atoms with E-state index in [-0.39, 0.29) is 6.03 Å². The summed E-state index contributed by atoms with van der Waals surface area (Å²) in [5.74, 6) is 0. The van der Waals surface area contributed by atoms with E-state index in [1.54, 1.807) is 7.11 Å². The molecule has 80 valence electrons. The third-order valence-corrected chi connectivity index (χ3v) is 3.24. The van der Waals surface area contributed by atoms with Crippen LogP contribution in [-0.2, 0) is 4.74 Å². The Balaban J connectivity index is 1.91. The molecule has 0 spiro atoms. The van der Waals surface area contributed by atoms with Gasteiger partial charge in [0.05, 0.1) is 6.10 Å². The molecule has 1 saturated heterocycles. The van der Waals surface area contributed by atoms with E-state index in [1.165, 1.54) is 0 Å². The number of hydrogen-bond acceptors (Lipinski definition) is 2. The first-order valence-electron chi connectivity index (χ1n) is 5.38. The molecule has 2 rings (SSSR count). The zero-order chi connectivity index (χ0) is 9.97. The molecule has 2 amide bonds. The van der Waals surface area contributed by atoms with Gasteiger partial charge in [-0.25, -0.2) is 4.79 Å². The van der Waals surface area contributed by atoms with Crippen molar-refractivity contribution in [3.8, 4) is 0 Å². The van der Waals surface area contributed by atoms with Gasteiger partial charge in [0.15, 0.2) is 0 Å². The summed E-state index contributed by atoms with van der Waals surface area (Å²) in [5.41, 5.74) is 0. The number of hydrogen-bond donors (Lipinski definition) is 1. The van der Waals surface area contributed by atoms with Gasteiger partial charge < -0.3 is 15.0 Å². The smallest absolute Gasteiger partial charge is 0.317 e. The summed E-state index contributed by atoms with van der Waals surface area (Å²) in [6.45, 7) is 1.74. The predicted octanol–water partition coefficient (Wildman–Crippen LogP) is 0.969. The molecule has 0 radical (unpaired) electrons. The number of methoxy groups -OCH3 is 1. The summed E-state index contributed by atoms with van der Waals surface area (Å²) in [5, 5.41) is 2.89. The van der Waals surface area contributed by atoms with E-state index >= 15 is 0 Å². The number of carbonyl (C=O) groups is 1. The van der Waals surface area contributed by atoms with Crippen LogP contribution in [0, 0.1) is 0 Å². The Bertz CT molecular complexity index is 220. The molecule has 2 fully saturated rings. The second-order valence-electron chi connectivity index (χ2n) is 4.10. The molecule has 0 bridgehead atoms. The summed E-state index contributed by atoms with van der Waals surface area (Å²) in [6.07, 6.45) is 4.61. The third-order valence-electron chi connectivity index (χ3n) is 3.24. The monoisotopic (exact) mass is 198 g/mol. The molecule has 0 aromatic carbocycles. The zero-order valence-corrected chi connectivity index (χ0v) is 8.66. The minimum atomic E-state index is 0.109. The van der Waals surface area contributed by atoms with Crippen molar-refractivity contribution in [3.05, 3.63) is 0 Å². The molecule has 1 heterocycles. The molecule has 4 nitrogen and oxygen atoms in total. The van der Waals surface area contributed by atoms with E-state index in [2.05, 4.69) is 5.32 Å². The summed E-state index contributed by atoms with van der Waals surface area (Å²) >= 11 is 0. The zero-order valence-electron chi connectivity index (χ0n) is 8.66. The van der Waals surface area contributed by atoms with Gasteiger partial charge >= 0.3 is 6.03 Å². The number of nitrogens with zero attached hydrogens (tertiary/aromatic N) is 1. The van der Waals surface area contributed by atoms with Crippen LogP contribution in [0.15, 0.2) is 0 Å². The van der Waals surface area contributed by atoms with Crippen LogP contribution in [0.2, 0.25) is 0 Å². The molecular formula is C10H18N2O2. The molecule has 2 atom stereocenters. The van der Waals surface area contributed by atoms with Crippen LogP contribution in [-0.4, -0.2) is 43.3 Å². The molecule has 2 aliphatic rings. The maximum absolute atomic E-state index is 11.6. The highest BCUT2D eigenvalue weighted by Crippen LogP contribution is 2.26. The summed E-state index contributed by atoms with van der Waals surface area (Å²) < 4.78 is 5.31. The van der Waals surface area contributed by atoms with Gasteiger partial charge in [-0.15, -0.1) is 0 Å². The van der Waals surface area contributed by atoms with Crippen molar-refractivity contribution in [2.45, 2.75) is 37.8 Å². The highest BCUT2D eigenvalue weighted by molar-refractivity contribution is 5.75. The van der Waals surface area contributed by atoms with Gasteiger partial charge in [-0.1, -0.05) is 0 Å². The summed E-state index contributed by atoms with van der Waals surface area (Å²) in [7, 11) is 1.75. The lowest BCUT2D eigenvalue weighted by molar-refractivity contribution is 0.0980. The molecule has 0 aromatic heterocycles.